The van der Waals surface area contributed by atoms with Crippen LogP contribution < -0.4 is 4.90 Å². The second-order valence-electron chi connectivity index (χ2n) is 5.84. The number of para-hydroxylation sites is 1. The minimum Gasteiger partial charge on any atom is -0.366 e. The summed E-state index contributed by atoms with van der Waals surface area (Å²) in [6.07, 6.45) is 1.87. The molecule has 0 aliphatic carbocycles. The Morgan fingerprint density at radius 2 is 2.00 bits per heavy atom. The SMILES string of the molecule is CC(C)N1CCC(N(C)c2cccc(F)c2[N+](=O)[O-])CC1. The first-order valence-electron chi connectivity index (χ1n) is 7.31. The standard InChI is InChI=1S/C15H22FN3O2/c1-11(2)18-9-7-12(8-10-18)17(3)14-6-4-5-13(16)15(14)19(20)21/h4-6,11-12H,7-10H2,1-3H3. The quantitative estimate of drug-likeness (QED) is 0.633. The first kappa shape index (κ1) is 15.7. The second kappa shape index (κ2) is 6.39. The molecule has 0 amide bonds. The van der Waals surface area contributed by atoms with Crippen molar-refractivity contribution >= 4 is 11.4 Å². The summed E-state index contributed by atoms with van der Waals surface area (Å²) in [7, 11) is 1.82. The third-order valence-corrected chi connectivity index (χ3v) is 4.31. The summed E-state index contributed by atoms with van der Waals surface area (Å²) in [6, 6.07) is 5.00. The van der Waals surface area contributed by atoms with Gasteiger partial charge in [-0.2, -0.15) is 4.39 Å². The Hall–Kier alpha value is -1.69. The van der Waals surface area contributed by atoms with E-state index in [0.717, 1.165) is 32.0 Å². The third kappa shape index (κ3) is 3.32. The van der Waals surface area contributed by atoms with Gasteiger partial charge < -0.3 is 9.80 Å². The zero-order valence-electron chi connectivity index (χ0n) is 12.8. The summed E-state index contributed by atoms with van der Waals surface area (Å²) >= 11 is 0. The van der Waals surface area contributed by atoms with Gasteiger partial charge in [-0.1, -0.05) is 6.07 Å². The topological polar surface area (TPSA) is 49.6 Å². The molecule has 1 aliphatic rings. The van der Waals surface area contributed by atoms with Gasteiger partial charge in [-0.3, -0.25) is 10.1 Å². The molecule has 0 radical (unpaired) electrons. The number of hydrogen-bond donors (Lipinski definition) is 0. The molecule has 5 nitrogen and oxygen atoms in total. The second-order valence-corrected chi connectivity index (χ2v) is 5.84. The van der Waals surface area contributed by atoms with Gasteiger partial charge in [0, 0.05) is 32.2 Å². The number of likely N-dealkylation sites (tertiary alicyclic amines) is 1. The van der Waals surface area contributed by atoms with Gasteiger partial charge in [0.25, 0.3) is 0 Å². The Morgan fingerprint density at radius 1 is 1.38 bits per heavy atom. The van der Waals surface area contributed by atoms with E-state index in [0.29, 0.717) is 11.7 Å². The Labute approximate surface area is 124 Å². The lowest BCUT2D eigenvalue weighted by atomic mass is 10.0. The van der Waals surface area contributed by atoms with Crippen molar-refractivity contribution in [3.8, 4) is 0 Å². The predicted molar refractivity (Wildman–Crippen MR) is 81.2 cm³/mol. The van der Waals surface area contributed by atoms with Crippen LogP contribution in [0, 0.1) is 15.9 Å². The zero-order chi connectivity index (χ0) is 15.6. The Bertz CT molecular complexity index is 514. The van der Waals surface area contributed by atoms with Crippen molar-refractivity contribution in [1.82, 2.24) is 4.90 Å². The van der Waals surface area contributed by atoms with Gasteiger partial charge in [0.1, 0.15) is 5.69 Å². The summed E-state index contributed by atoms with van der Waals surface area (Å²) < 4.78 is 13.7. The zero-order valence-corrected chi connectivity index (χ0v) is 12.8. The van der Waals surface area contributed by atoms with Crippen LogP contribution in [0.1, 0.15) is 26.7 Å². The molecule has 1 aromatic carbocycles. The average molecular weight is 295 g/mol. The lowest BCUT2D eigenvalue weighted by Gasteiger charge is -2.39. The fourth-order valence-electron chi connectivity index (χ4n) is 2.96. The van der Waals surface area contributed by atoms with E-state index >= 15 is 0 Å². The molecule has 1 heterocycles. The van der Waals surface area contributed by atoms with E-state index in [1.54, 1.807) is 6.07 Å². The highest BCUT2D eigenvalue weighted by molar-refractivity contribution is 5.64. The summed E-state index contributed by atoms with van der Waals surface area (Å²) in [5, 5.41) is 11.1. The van der Waals surface area contributed by atoms with Crippen LogP contribution in [0.15, 0.2) is 18.2 Å². The van der Waals surface area contributed by atoms with E-state index in [9.17, 15) is 14.5 Å². The van der Waals surface area contributed by atoms with Gasteiger partial charge in [0.15, 0.2) is 0 Å². The molecule has 0 saturated carbocycles. The van der Waals surface area contributed by atoms with Crippen LogP contribution in [-0.4, -0.2) is 42.0 Å². The molecule has 1 aliphatic heterocycles. The first-order chi connectivity index (χ1) is 9.91. The summed E-state index contributed by atoms with van der Waals surface area (Å²) in [6.45, 7) is 6.27. The van der Waals surface area contributed by atoms with Crippen molar-refractivity contribution in [2.75, 3.05) is 25.0 Å². The highest BCUT2D eigenvalue weighted by Crippen LogP contribution is 2.33. The smallest absolute Gasteiger partial charge is 0.327 e. The maximum atomic E-state index is 13.7. The number of rotatable bonds is 4. The molecule has 0 N–H and O–H groups in total. The highest BCUT2D eigenvalue weighted by atomic mass is 19.1. The van der Waals surface area contributed by atoms with Crippen LogP contribution in [-0.2, 0) is 0 Å². The van der Waals surface area contributed by atoms with Crippen molar-refractivity contribution < 1.29 is 9.31 Å². The Balaban J connectivity index is 2.16. The van der Waals surface area contributed by atoms with Gasteiger partial charge in [-0.25, -0.2) is 0 Å². The summed E-state index contributed by atoms with van der Waals surface area (Å²) in [4.78, 5) is 14.7. The highest BCUT2D eigenvalue weighted by Gasteiger charge is 2.29. The van der Waals surface area contributed by atoms with Gasteiger partial charge >= 0.3 is 5.69 Å². The van der Waals surface area contributed by atoms with Crippen molar-refractivity contribution in [2.24, 2.45) is 0 Å². The summed E-state index contributed by atoms with van der Waals surface area (Å²) in [5.74, 6) is -0.774. The molecule has 1 saturated heterocycles. The maximum absolute atomic E-state index is 13.7. The number of halogens is 1. The van der Waals surface area contributed by atoms with E-state index in [2.05, 4.69) is 18.7 Å². The predicted octanol–water partition coefficient (Wildman–Crippen LogP) is 3.04. The number of piperidine rings is 1. The largest absolute Gasteiger partial charge is 0.366 e. The van der Waals surface area contributed by atoms with Crippen molar-refractivity contribution in [1.29, 1.82) is 0 Å². The van der Waals surface area contributed by atoms with Gasteiger partial charge in [0.2, 0.25) is 5.82 Å². The monoisotopic (exact) mass is 295 g/mol. The van der Waals surface area contributed by atoms with Crippen LogP contribution in [0.25, 0.3) is 0 Å². The Kier molecular flexibility index (Phi) is 4.77. The molecule has 6 heteroatoms. The third-order valence-electron chi connectivity index (χ3n) is 4.31. The minimum absolute atomic E-state index is 0.209. The number of anilines is 1. The lowest BCUT2D eigenvalue weighted by Crippen LogP contribution is -2.45. The number of hydrogen-bond acceptors (Lipinski definition) is 4. The normalized spacial score (nSPS) is 17.2. The molecule has 21 heavy (non-hydrogen) atoms. The van der Waals surface area contributed by atoms with E-state index in [1.165, 1.54) is 6.07 Å². The Morgan fingerprint density at radius 3 is 2.52 bits per heavy atom. The first-order valence-corrected chi connectivity index (χ1v) is 7.31. The minimum atomic E-state index is -0.774. The molecule has 1 fully saturated rings. The molecule has 0 atom stereocenters. The average Bonchev–Trinajstić information content (AvgIpc) is 2.46. The molecule has 2 rings (SSSR count). The fraction of sp³-hybridized carbons (Fsp3) is 0.600. The van der Waals surface area contributed by atoms with Gasteiger partial charge in [-0.05, 0) is 38.8 Å². The van der Waals surface area contributed by atoms with Crippen LogP contribution >= 0.6 is 0 Å². The molecule has 0 bridgehead atoms. The molecule has 0 aromatic heterocycles. The number of nitro benzene ring substituents is 1. The van der Waals surface area contributed by atoms with E-state index in [-0.39, 0.29) is 6.04 Å². The molecule has 1 aromatic rings. The van der Waals surface area contributed by atoms with Crippen molar-refractivity contribution in [2.45, 2.75) is 38.8 Å². The number of benzene rings is 1. The lowest BCUT2D eigenvalue weighted by molar-refractivity contribution is -0.386. The van der Waals surface area contributed by atoms with E-state index in [4.69, 9.17) is 0 Å². The van der Waals surface area contributed by atoms with Gasteiger partial charge in [0.05, 0.1) is 4.92 Å². The molecule has 0 unspecified atom stereocenters. The van der Waals surface area contributed by atoms with Crippen LogP contribution in [0.5, 0.6) is 0 Å². The van der Waals surface area contributed by atoms with Crippen molar-refractivity contribution in [3.05, 3.63) is 34.1 Å². The molecular weight excluding hydrogens is 273 g/mol. The number of nitrogens with zero attached hydrogens (tertiary/aromatic N) is 3. The molecule has 0 spiro atoms. The van der Waals surface area contributed by atoms with Crippen LogP contribution in [0.3, 0.4) is 0 Å². The van der Waals surface area contributed by atoms with Crippen LogP contribution in [0.2, 0.25) is 0 Å². The van der Waals surface area contributed by atoms with E-state index < -0.39 is 16.4 Å². The summed E-state index contributed by atoms with van der Waals surface area (Å²) in [5.41, 5.74) is -0.0608. The van der Waals surface area contributed by atoms with Crippen LogP contribution in [0.4, 0.5) is 15.8 Å². The van der Waals surface area contributed by atoms with Gasteiger partial charge in [-0.15, -0.1) is 0 Å². The number of nitro groups is 1. The van der Waals surface area contributed by atoms with Crippen molar-refractivity contribution in [3.63, 3.8) is 0 Å². The maximum Gasteiger partial charge on any atom is 0.327 e. The fourth-order valence-corrected chi connectivity index (χ4v) is 2.96. The van der Waals surface area contributed by atoms with E-state index in [1.807, 2.05) is 11.9 Å². The molecular formula is C15H22FN3O2. The molecule has 116 valence electrons.